The maximum absolute atomic E-state index is 12.5. The van der Waals surface area contributed by atoms with Crippen molar-refractivity contribution in [2.45, 2.75) is 31.8 Å². The minimum atomic E-state index is 0.142. The third kappa shape index (κ3) is 2.18. The molecule has 1 unspecified atom stereocenters. The maximum atomic E-state index is 12.5. The zero-order valence-electron chi connectivity index (χ0n) is 13.7. The maximum Gasteiger partial charge on any atom is 0.250 e. The Labute approximate surface area is 136 Å². The van der Waals surface area contributed by atoms with E-state index in [2.05, 4.69) is 4.90 Å². The average molecular weight is 314 g/mol. The molecule has 1 fully saturated rings. The Balaban J connectivity index is 1.81. The molecule has 0 N–H and O–H groups in total. The van der Waals surface area contributed by atoms with Crippen LogP contribution in [0.1, 0.15) is 30.4 Å². The molecule has 4 rings (SSSR count). The predicted molar refractivity (Wildman–Crippen MR) is 87.3 cm³/mol. The summed E-state index contributed by atoms with van der Waals surface area (Å²) >= 11 is 0. The molecule has 1 aromatic carbocycles. The minimum absolute atomic E-state index is 0.142. The van der Waals surface area contributed by atoms with Crippen molar-refractivity contribution in [3.8, 4) is 11.5 Å². The van der Waals surface area contributed by atoms with Crippen molar-refractivity contribution in [3.05, 3.63) is 29.3 Å². The highest BCUT2D eigenvalue weighted by atomic mass is 16.5. The molecule has 0 aromatic heterocycles. The van der Waals surface area contributed by atoms with Gasteiger partial charge in [0.05, 0.1) is 19.9 Å². The molecule has 3 aliphatic rings. The summed E-state index contributed by atoms with van der Waals surface area (Å²) in [7, 11) is 3.30. The number of hydrogen-bond donors (Lipinski definition) is 0. The largest absolute Gasteiger partial charge is 0.493 e. The van der Waals surface area contributed by atoms with Gasteiger partial charge in [0.25, 0.3) is 0 Å². The fraction of sp³-hybridized carbons (Fsp3) is 0.500. The molecule has 0 bridgehead atoms. The SMILES string of the molecule is COc1cc2c(cc1OC)C1=CC(=O)N3CCCCC3N1CC2. The Kier molecular flexibility index (Phi) is 3.43. The van der Waals surface area contributed by atoms with Gasteiger partial charge in [-0.15, -0.1) is 0 Å². The quantitative estimate of drug-likeness (QED) is 0.840. The summed E-state index contributed by atoms with van der Waals surface area (Å²) in [5.41, 5.74) is 3.37. The van der Waals surface area contributed by atoms with Gasteiger partial charge in [-0.1, -0.05) is 0 Å². The summed E-state index contributed by atoms with van der Waals surface area (Å²) in [6.45, 7) is 1.82. The van der Waals surface area contributed by atoms with Crippen LogP contribution in [0.25, 0.3) is 5.70 Å². The van der Waals surface area contributed by atoms with Gasteiger partial charge in [-0.2, -0.15) is 0 Å². The number of rotatable bonds is 2. The lowest BCUT2D eigenvalue weighted by Gasteiger charge is -2.49. The number of fused-ring (bicyclic) bond motifs is 5. The standard InChI is InChI=1S/C18H22N2O3/c1-22-15-9-12-6-8-19-14(13(12)10-16(15)23-2)11-18(21)20-7-4-3-5-17(19)20/h9-11,17H,3-8H2,1-2H3. The van der Waals surface area contributed by atoms with Crippen LogP contribution in [0.5, 0.6) is 11.5 Å². The molecule has 1 amide bonds. The molecule has 23 heavy (non-hydrogen) atoms. The molecule has 5 heteroatoms. The van der Waals surface area contributed by atoms with Gasteiger partial charge in [-0.05, 0) is 43.4 Å². The Bertz CT molecular complexity index is 683. The van der Waals surface area contributed by atoms with Crippen LogP contribution < -0.4 is 9.47 Å². The predicted octanol–water partition coefficient (Wildman–Crippen LogP) is 2.26. The molecule has 5 nitrogen and oxygen atoms in total. The van der Waals surface area contributed by atoms with E-state index in [-0.39, 0.29) is 12.1 Å². The molecule has 0 saturated carbocycles. The first kappa shape index (κ1) is 14.4. The van der Waals surface area contributed by atoms with Crippen LogP contribution in [0.3, 0.4) is 0 Å². The van der Waals surface area contributed by atoms with Gasteiger partial charge >= 0.3 is 0 Å². The van der Waals surface area contributed by atoms with E-state index in [0.717, 1.165) is 49.4 Å². The highest BCUT2D eigenvalue weighted by Crippen LogP contribution is 2.41. The second-order valence-electron chi connectivity index (χ2n) is 6.35. The first-order valence-electron chi connectivity index (χ1n) is 8.27. The molecule has 1 saturated heterocycles. The van der Waals surface area contributed by atoms with Crippen LogP contribution >= 0.6 is 0 Å². The van der Waals surface area contributed by atoms with Crippen molar-refractivity contribution in [1.29, 1.82) is 0 Å². The fourth-order valence-corrected chi connectivity index (χ4v) is 4.05. The second-order valence-corrected chi connectivity index (χ2v) is 6.35. The molecule has 0 aliphatic carbocycles. The first-order valence-corrected chi connectivity index (χ1v) is 8.27. The molecule has 3 heterocycles. The lowest BCUT2D eigenvalue weighted by Crippen LogP contribution is -2.56. The Morgan fingerprint density at radius 1 is 1.04 bits per heavy atom. The van der Waals surface area contributed by atoms with E-state index >= 15 is 0 Å². The van der Waals surface area contributed by atoms with Crippen molar-refractivity contribution in [2.24, 2.45) is 0 Å². The van der Waals surface area contributed by atoms with Crippen molar-refractivity contribution < 1.29 is 14.3 Å². The lowest BCUT2D eigenvalue weighted by molar-refractivity contribution is -0.134. The van der Waals surface area contributed by atoms with Gasteiger partial charge in [0.15, 0.2) is 11.5 Å². The Morgan fingerprint density at radius 2 is 1.83 bits per heavy atom. The van der Waals surface area contributed by atoms with E-state index in [1.54, 1.807) is 20.3 Å². The number of hydrogen-bond acceptors (Lipinski definition) is 4. The van der Waals surface area contributed by atoms with Crippen molar-refractivity contribution in [1.82, 2.24) is 9.80 Å². The third-order valence-electron chi connectivity index (χ3n) is 5.19. The molecule has 3 aliphatic heterocycles. The number of carbonyl (C=O) groups is 1. The Hall–Kier alpha value is -2.17. The van der Waals surface area contributed by atoms with Gasteiger partial charge in [-0.25, -0.2) is 0 Å². The number of nitrogens with zero attached hydrogens (tertiary/aromatic N) is 2. The van der Waals surface area contributed by atoms with Crippen LogP contribution in [0.4, 0.5) is 0 Å². The minimum Gasteiger partial charge on any atom is -0.493 e. The summed E-state index contributed by atoms with van der Waals surface area (Å²) in [6.07, 6.45) is 6.35. The van der Waals surface area contributed by atoms with Crippen molar-refractivity contribution >= 4 is 11.6 Å². The molecule has 0 spiro atoms. The van der Waals surface area contributed by atoms with Gasteiger partial charge in [0, 0.05) is 24.7 Å². The summed E-state index contributed by atoms with van der Waals surface area (Å²) in [5.74, 6) is 1.61. The number of methoxy groups -OCH3 is 2. The van der Waals surface area contributed by atoms with Crippen LogP contribution in [0.2, 0.25) is 0 Å². The summed E-state index contributed by atoms with van der Waals surface area (Å²) in [6, 6.07) is 4.06. The zero-order chi connectivity index (χ0) is 16.0. The number of piperidine rings is 1. The van der Waals surface area contributed by atoms with Crippen molar-refractivity contribution in [3.63, 3.8) is 0 Å². The van der Waals surface area contributed by atoms with E-state index in [0.29, 0.717) is 5.75 Å². The summed E-state index contributed by atoms with van der Waals surface area (Å²) < 4.78 is 10.9. The van der Waals surface area contributed by atoms with Crippen molar-refractivity contribution in [2.75, 3.05) is 27.3 Å². The summed E-state index contributed by atoms with van der Waals surface area (Å²) in [4.78, 5) is 17.0. The van der Waals surface area contributed by atoms with Crippen LogP contribution in [-0.2, 0) is 11.2 Å². The van der Waals surface area contributed by atoms with Crippen LogP contribution in [0, 0.1) is 0 Å². The summed E-state index contributed by atoms with van der Waals surface area (Å²) in [5, 5.41) is 0. The van der Waals surface area contributed by atoms with E-state index in [9.17, 15) is 4.79 Å². The van der Waals surface area contributed by atoms with Crippen LogP contribution in [0.15, 0.2) is 18.2 Å². The molecule has 122 valence electrons. The van der Waals surface area contributed by atoms with E-state index in [1.807, 2.05) is 17.0 Å². The average Bonchev–Trinajstić information content (AvgIpc) is 2.60. The topological polar surface area (TPSA) is 42.0 Å². The number of ether oxygens (including phenoxy) is 2. The van der Waals surface area contributed by atoms with Gasteiger partial charge in [-0.3, -0.25) is 4.79 Å². The van der Waals surface area contributed by atoms with E-state index in [4.69, 9.17) is 9.47 Å². The monoisotopic (exact) mass is 314 g/mol. The normalized spacial score (nSPS) is 22.8. The lowest BCUT2D eigenvalue weighted by atomic mass is 9.91. The molecule has 0 radical (unpaired) electrons. The van der Waals surface area contributed by atoms with Gasteiger partial charge in [0.1, 0.15) is 6.17 Å². The molecule has 1 aromatic rings. The molecular formula is C18H22N2O3. The fourth-order valence-electron chi connectivity index (χ4n) is 4.05. The molecule has 1 atom stereocenters. The number of carbonyl (C=O) groups excluding carboxylic acids is 1. The highest BCUT2D eigenvalue weighted by Gasteiger charge is 2.38. The second kappa shape index (κ2) is 5.48. The van der Waals surface area contributed by atoms with Crippen LogP contribution in [-0.4, -0.2) is 49.2 Å². The third-order valence-corrected chi connectivity index (χ3v) is 5.19. The number of amides is 1. The van der Waals surface area contributed by atoms with E-state index in [1.165, 1.54) is 12.0 Å². The first-order chi connectivity index (χ1) is 11.2. The van der Waals surface area contributed by atoms with Gasteiger partial charge in [0.2, 0.25) is 5.91 Å². The number of benzene rings is 1. The molecular weight excluding hydrogens is 292 g/mol. The van der Waals surface area contributed by atoms with E-state index < -0.39 is 0 Å². The zero-order valence-corrected chi connectivity index (χ0v) is 13.7. The van der Waals surface area contributed by atoms with Gasteiger partial charge < -0.3 is 19.3 Å². The smallest absolute Gasteiger partial charge is 0.250 e. The highest BCUT2D eigenvalue weighted by molar-refractivity contribution is 5.97. The Morgan fingerprint density at radius 3 is 2.61 bits per heavy atom.